The molecular weight excluding hydrogens is 442 g/mol. The molecule has 0 aliphatic rings. The number of benzene rings is 3. The minimum Gasteiger partial charge on any atom is -0.453 e. The van der Waals surface area contributed by atoms with Gasteiger partial charge in [-0.2, -0.15) is 9.78 Å². The molecule has 6 aromatic rings. The third-order valence-electron chi connectivity index (χ3n) is 5.86. The van der Waals surface area contributed by atoms with Crippen molar-refractivity contribution in [1.29, 1.82) is 0 Å². The Morgan fingerprint density at radius 2 is 1.74 bits per heavy atom. The van der Waals surface area contributed by atoms with Crippen molar-refractivity contribution in [3.05, 3.63) is 101 Å². The van der Waals surface area contributed by atoms with Crippen LogP contribution in [0.3, 0.4) is 0 Å². The maximum Gasteiger partial charge on any atom is 0.282 e. The number of para-hydroxylation sites is 3. The zero-order valence-corrected chi connectivity index (χ0v) is 18.5. The van der Waals surface area contributed by atoms with Crippen molar-refractivity contribution in [1.82, 2.24) is 14.2 Å². The van der Waals surface area contributed by atoms with Crippen molar-refractivity contribution < 1.29 is 9.21 Å². The smallest absolute Gasteiger partial charge is 0.282 e. The Labute approximate surface area is 198 Å². The molecule has 3 aromatic heterocycles. The standard InChI is InChI=1S/C27H19N5O3/c28-25(33)16-31-15-18(19-8-3-5-11-22(19)31)14-29-32-26(24-13-17-7-1-6-12-23(17)35-24)30-21-10-4-2-9-20(21)27(32)34/h1-15H,16H2,(H2,28,33). The van der Waals surface area contributed by atoms with E-state index >= 15 is 0 Å². The second-order valence-corrected chi connectivity index (χ2v) is 8.16. The second-order valence-electron chi connectivity index (χ2n) is 8.16. The fourth-order valence-electron chi connectivity index (χ4n) is 4.28. The largest absolute Gasteiger partial charge is 0.453 e. The van der Waals surface area contributed by atoms with Crippen LogP contribution in [0.25, 0.3) is 44.4 Å². The first-order valence-electron chi connectivity index (χ1n) is 11.0. The zero-order chi connectivity index (χ0) is 23.9. The Hall–Kier alpha value is -4.98. The fourth-order valence-corrected chi connectivity index (χ4v) is 4.28. The van der Waals surface area contributed by atoms with Crippen molar-refractivity contribution in [2.24, 2.45) is 10.8 Å². The van der Waals surface area contributed by atoms with Gasteiger partial charge in [-0.25, -0.2) is 4.98 Å². The number of carbonyl (C=O) groups is 1. The summed E-state index contributed by atoms with van der Waals surface area (Å²) in [6.45, 7) is 0.0378. The van der Waals surface area contributed by atoms with Gasteiger partial charge in [0.25, 0.3) is 5.56 Å². The minimum absolute atomic E-state index is 0.0378. The van der Waals surface area contributed by atoms with Gasteiger partial charge in [-0.15, -0.1) is 0 Å². The summed E-state index contributed by atoms with van der Waals surface area (Å²) in [7, 11) is 0. The summed E-state index contributed by atoms with van der Waals surface area (Å²) in [5.41, 5.74) is 7.92. The van der Waals surface area contributed by atoms with Gasteiger partial charge in [0.15, 0.2) is 5.76 Å². The van der Waals surface area contributed by atoms with Crippen molar-refractivity contribution >= 4 is 44.9 Å². The Bertz CT molecular complexity index is 1810. The van der Waals surface area contributed by atoms with Crippen LogP contribution in [0.1, 0.15) is 5.56 Å². The van der Waals surface area contributed by atoms with E-state index in [1.54, 1.807) is 35.2 Å². The summed E-state index contributed by atoms with van der Waals surface area (Å²) in [5, 5.41) is 6.76. The SMILES string of the molecule is NC(=O)Cn1cc(C=Nn2c(-c3cc4ccccc4o3)nc3ccccc3c2=O)c2ccccc21. The third-order valence-corrected chi connectivity index (χ3v) is 5.86. The van der Waals surface area contributed by atoms with Gasteiger partial charge in [0, 0.05) is 28.0 Å². The molecule has 0 unspecified atom stereocenters. The van der Waals surface area contributed by atoms with Crippen LogP contribution in [0.2, 0.25) is 0 Å². The predicted molar refractivity (Wildman–Crippen MR) is 135 cm³/mol. The number of carbonyl (C=O) groups excluding carboxylic acids is 1. The van der Waals surface area contributed by atoms with E-state index in [0.717, 1.165) is 21.9 Å². The highest BCUT2D eigenvalue weighted by Crippen LogP contribution is 2.27. The van der Waals surface area contributed by atoms with Gasteiger partial charge in [0.05, 0.1) is 17.1 Å². The number of hydrogen-bond acceptors (Lipinski definition) is 5. The van der Waals surface area contributed by atoms with E-state index in [1.165, 1.54) is 4.68 Å². The van der Waals surface area contributed by atoms with Gasteiger partial charge < -0.3 is 14.7 Å². The van der Waals surface area contributed by atoms with Crippen LogP contribution in [-0.4, -0.2) is 26.3 Å². The number of rotatable bonds is 5. The number of aromatic nitrogens is 3. The van der Waals surface area contributed by atoms with Crippen molar-refractivity contribution in [2.45, 2.75) is 6.54 Å². The lowest BCUT2D eigenvalue weighted by molar-refractivity contribution is -0.118. The number of nitrogens with two attached hydrogens (primary N) is 1. The van der Waals surface area contributed by atoms with Gasteiger partial charge in [-0.3, -0.25) is 9.59 Å². The topological polar surface area (TPSA) is 108 Å². The number of amides is 1. The molecule has 0 radical (unpaired) electrons. The van der Waals surface area contributed by atoms with Gasteiger partial charge in [0.2, 0.25) is 11.7 Å². The predicted octanol–water partition coefficient (Wildman–Crippen LogP) is 4.13. The van der Waals surface area contributed by atoms with Crippen LogP contribution in [-0.2, 0) is 11.3 Å². The first kappa shape index (κ1) is 20.6. The average Bonchev–Trinajstić information content (AvgIpc) is 3.45. The summed E-state index contributed by atoms with van der Waals surface area (Å²) in [6, 6.07) is 24.2. The lowest BCUT2D eigenvalue weighted by Gasteiger charge is -2.07. The molecule has 0 atom stereocenters. The Balaban J connectivity index is 1.56. The minimum atomic E-state index is -0.448. The molecule has 0 aliphatic heterocycles. The molecule has 6 rings (SSSR count). The van der Waals surface area contributed by atoms with Gasteiger partial charge in [-0.05, 0) is 30.3 Å². The van der Waals surface area contributed by atoms with E-state index in [4.69, 9.17) is 15.1 Å². The highest BCUT2D eigenvalue weighted by atomic mass is 16.3. The van der Waals surface area contributed by atoms with Gasteiger partial charge in [0.1, 0.15) is 12.1 Å². The molecule has 170 valence electrons. The van der Waals surface area contributed by atoms with Crippen LogP contribution in [0.15, 0.2) is 99.4 Å². The molecule has 0 saturated carbocycles. The lowest BCUT2D eigenvalue weighted by Crippen LogP contribution is -2.20. The van der Waals surface area contributed by atoms with Crippen molar-refractivity contribution in [3.8, 4) is 11.6 Å². The molecule has 0 aliphatic carbocycles. The van der Waals surface area contributed by atoms with E-state index in [-0.39, 0.29) is 12.1 Å². The average molecular weight is 461 g/mol. The zero-order valence-electron chi connectivity index (χ0n) is 18.5. The second kappa shape index (κ2) is 8.11. The Morgan fingerprint density at radius 3 is 2.57 bits per heavy atom. The summed E-state index contributed by atoms with van der Waals surface area (Å²) >= 11 is 0. The monoisotopic (exact) mass is 461 g/mol. The Morgan fingerprint density at radius 1 is 1.00 bits per heavy atom. The number of furan rings is 1. The molecular formula is C27H19N5O3. The van der Waals surface area contributed by atoms with Crippen LogP contribution < -0.4 is 11.3 Å². The van der Waals surface area contributed by atoms with E-state index in [1.807, 2.05) is 60.7 Å². The van der Waals surface area contributed by atoms with Crippen LogP contribution >= 0.6 is 0 Å². The number of primary amides is 1. The number of fused-ring (bicyclic) bond motifs is 3. The van der Waals surface area contributed by atoms with Crippen LogP contribution in [0, 0.1) is 0 Å². The molecule has 3 heterocycles. The molecule has 8 nitrogen and oxygen atoms in total. The molecule has 0 spiro atoms. The molecule has 1 amide bonds. The molecule has 0 saturated heterocycles. The summed E-state index contributed by atoms with van der Waals surface area (Å²) in [6.07, 6.45) is 3.38. The summed E-state index contributed by atoms with van der Waals surface area (Å²) < 4.78 is 9.03. The Kier molecular flexibility index (Phi) is 4.77. The maximum absolute atomic E-state index is 13.5. The first-order valence-corrected chi connectivity index (χ1v) is 11.0. The van der Waals surface area contributed by atoms with Crippen molar-refractivity contribution in [2.75, 3.05) is 0 Å². The van der Waals surface area contributed by atoms with E-state index in [0.29, 0.717) is 28.1 Å². The van der Waals surface area contributed by atoms with Gasteiger partial charge >= 0.3 is 0 Å². The van der Waals surface area contributed by atoms with Gasteiger partial charge in [-0.1, -0.05) is 48.5 Å². The fraction of sp³-hybridized carbons (Fsp3) is 0.0370. The first-order chi connectivity index (χ1) is 17.1. The molecule has 0 fully saturated rings. The molecule has 0 bridgehead atoms. The molecule has 3 aromatic carbocycles. The normalized spacial score (nSPS) is 11.8. The maximum atomic E-state index is 13.5. The van der Waals surface area contributed by atoms with Crippen molar-refractivity contribution in [3.63, 3.8) is 0 Å². The van der Waals surface area contributed by atoms with Crippen LogP contribution in [0.4, 0.5) is 0 Å². The molecule has 8 heteroatoms. The quantitative estimate of drug-likeness (QED) is 0.389. The number of nitrogens with zero attached hydrogens (tertiary/aromatic N) is 4. The highest BCUT2D eigenvalue weighted by molar-refractivity contribution is 6.00. The lowest BCUT2D eigenvalue weighted by atomic mass is 10.2. The number of hydrogen-bond donors (Lipinski definition) is 1. The van der Waals surface area contributed by atoms with Crippen LogP contribution in [0.5, 0.6) is 0 Å². The third kappa shape index (κ3) is 3.57. The molecule has 35 heavy (non-hydrogen) atoms. The highest BCUT2D eigenvalue weighted by Gasteiger charge is 2.17. The summed E-state index contributed by atoms with van der Waals surface area (Å²) in [4.78, 5) is 29.7. The van der Waals surface area contributed by atoms with E-state index in [9.17, 15) is 9.59 Å². The summed E-state index contributed by atoms with van der Waals surface area (Å²) in [5.74, 6) is 0.278. The van der Waals surface area contributed by atoms with E-state index < -0.39 is 5.91 Å². The molecule has 2 N–H and O–H groups in total. The van der Waals surface area contributed by atoms with E-state index in [2.05, 4.69) is 5.10 Å².